The van der Waals surface area contributed by atoms with Gasteiger partial charge in [0.1, 0.15) is 6.10 Å². The number of carbonyl (C=O) groups is 1. The van der Waals surface area contributed by atoms with Crippen LogP contribution in [0.2, 0.25) is 0 Å². The molecule has 0 aliphatic carbocycles. The molecule has 0 saturated heterocycles. The molecule has 1 unspecified atom stereocenters. The average Bonchev–Trinajstić information content (AvgIpc) is 2.30. The lowest BCUT2D eigenvalue weighted by Crippen LogP contribution is -2.30. The van der Waals surface area contributed by atoms with Gasteiger partial charge in [0.05, 0.1) is 6.54 Å². The van der Waals surface area contributed by atoms with Gasteiger partial charge in [0.15, 0.2) is 0 Å². The van der Waals surface area contributed by atoms with Crippen LogP contribution in [0.25, 0.3) is 0 Å². The van der Waals surface area contributed by atoms with Crippen molar-refractivity contribution >= 4 is 11.9 Å². The second kappa shape index (κ2) is 2.77. The first-order chi connectivity index (χ1) is 5.41. The normalized spacial score (nSPS) is 23.2. The summed E-state index contributed by atoms with van der Waals surface area (Å²) in [6.07, 6.45) is -0.108. The SMILES string of the molecule is CC(C)(C)C1CN=C(C(=O)O)O1. The number of aliphatic carboxylic acids is 1. The molecule has 68 valence electrons. The number of nitrogens with zero attached hydrogens (tertiary/aromatic N) is 1. The van der Waals surface area contributed by atoms with Gasteiger partial charge in [0, 0.05) is 5.41 Å². The van der Waals surface area contributed by atoms with Gasteiger partial charge in [-0.25, -0.2) is 9.79 Å². The van der Waals surface area contributed by atoms with Crippen molar-refractivity contribution in [2.45, 2.75) is 26.9 Å². The molecular weight excluding hydrogens is 158 g/mol. The van der Waals surface area contributed by atoms with E-state index in [4.69, 9.17) is 9.84 Å². The molecule has 0 aromatic heterocycles. The van der Waals surface area contributed by atoms with Gasteiger partial charge >= 0.3 is 5.97 Å². The summed E-state index contributed by atoms with van der Waals surface area (Å²) in [5.74, 6) is -1.24. The van der Waals surface area contributed by atoms with E-state index >= 15 is 0 Å². The van der Waals surface area contributed by atoms with Crippen molar-refractivity contribution in [3.8, 4) is 0 Å². The predicted molar refractivity (Wildman–Crippen MR) is 44.3 cm³/mol. The van der Waals surface area contributed by atoms with Crippen LogP contribution >= 0.6 is 0 Å². The maximum Gasteiger partial charge on any atom is 0.391 e. The second-order valence-electron chi connectivity index (χ2n) is 3.92. The summed E-state index contributed by atoms with van der Waals surface area (Å²) in [4.78, 5) is 14.2. The second-order valence-corrected chi connectivity index (χ2v) is 3.92. The Morgan fingerprint density at radius 2 is 2.25 bits per heavy atom. The molecule has 1 N–H and O–H groups in total. The zero-order chi connectivity index (χ0) is 9.35. The topological polar surface area (TPSA) is 58.9 Å². The van der Waals surface area contributed by atoms with Gasteiger partial charge < -0.3 is 9.84 Å². The molecule has 4 heteroatoms. The van der Waals surface area contributed by atoms with Gasteiger partial charge in [-0.05, 0) is 0 Å². The molecule has 0 aromatic carbocycles. The van der Waals surface area contributed by atoms with Crippen molar-refractivity contribution in [2.75, 3.05) is 6.54 Å². The van der Waals surface area contributed by atoms with Crippen LogP contribution in [0.1, 0.15) is 20.8 Å². The van der Waals surface area contributed by atoms with E-state index in [1.54, 1.807) is 0 Å². The molecule has 4 nitrogen and oxygen atoms in total. The fourth-order valence-electron chi connectivity index (χ4n) is 0.944. The molecule has 0 spiro atoms. The molecule has 0 bridgehead atoms. The van der Waals surface area contributed by atoms with E-state index in [-0.39, 0.29) is 17.4 Å². The lowest BCUT2D eigenvalue weighted by molar-refractivity contribution is -0.131. The van der Waals surface area contributed by atoms with Gasteiger partial charge in [-0.2, -0.15) is 0 Å². The maximum absolute atomic E-state index is 10.4. The highest BCUT2D eigenvalue weighted by atomic mass is 16.5. The minimum atomic E-state index is -1.08. The molecule has 1 aliphatic heterocycles. The number of hydrogen-bond donors (Lipinski definition) is 1. The molecule has 0 radical (unpaired) electrons. The molecule has 0 fully saturated rings. The van der Waals surface area contributed by atoms with E-state index in [0.29, 0.717) is 6.54 Å². The highest BCUT2D eigenvalue weighted by molar-refractivity contribution is 6.32. The van der Waals surface area contributed by atoms with Crippen molar-refractivity contribution in [1.82, 2.24) is 0 Å². The van der Waals surface area contributed by atoms with Crippen molar-refractivity contribution in [3.63, 3.8) is 0 Å². The first kappa shape index (κ1) is 9.03. The Labute approximate surface area is 71.3 Å². The Bertz CT molecular complexity index is 227. The van der Waals surface area contributed by atoms with Crippen LogP contribution in [0, 0.1) is 5.41 Å². The molecular formula is C8H13NO3. The lowest BCUT2D eigenvalue weighted by Gasteiger charge is -2.24. The van der Waals surface area contributed by atoms with Crippen LogP contribution in [0.5, 0.6) is 0 Å². The monoisotopic (exact) mass is 171 g/mol. The number of rotatable bonds is 1. The quantitative estimate of drug-likeness (QED) is 0.638. The largest absolute Gasteiger partial charge is 0.474 e. The minimum absolute atomic E-state index is 0.0549. The van der Waals surface area contributed by atoms with Crippen molar-refractivity contribution in [2.24, 2.45) is 10.4 Å². The van der Waals surface area contributed by atoms with Crippen molar-refractivity contribution in [3.05, 3.63) is 0 Å². The van der Waals surface area contributed by atoms with Crippen LogP contribution in [-0.4, -0.2) is 29.6 Å². The Morgan fingerprint density at radius 1 is 1.67 bits per heavy atom. The molecule has 0 amide bonds. The zero-order valence-corrected chi connectivity index (χ0v) is 7.50. The van der Waals surface area contributed by atoms with Gasteiger partial charge in [-0.3, -0.25) is 0 Å². The fraction of sp³-hybridized carbons (Fsp3) is 0.750. The van der Waals surface area contributed by atoms with E-state index < -0.39 is 5.97 Å². The van der Waals surface area contributed by atoms with Crippen LogP contribution in [0.15, 0.2) is 4.99 Å². The van der Waals surface area contributed by atoms with Crippen LogP contribution < -0.4 is 0 Å². The summed E-state index contributed by atoms with van der Waals surface area (Å²) < 4.78 is 5.14. The number of carboxylic acid groups (broad SMARTS) is 1. The van der Waals surface area contributed by atoms with E-state index in [1.165, 1.54) is 0 Å². The van der Waals surface area contributed by atoms with Gasteiger partial charge in [0.25, 0.3) is 5.90 Å². The first-order valence-corrected chi connectivity index (χ1v) is 3.85. The van der Waals surface area contributed by atoms with E-state index in [2.05, 4.69) is 4.99 Å². The molecule has 12 heavy (non-hydrogen) atoms. The van der Waals surface area contributed by atoms with Crippen LogP contribution in [0.4, 0.5) is 0 Å². The maximum atomic E-state index is 10.4. The van der Waals surface area contributed by atoms with E-state index in [1.807, 2.05) is 20.8 Å². The summed E-state index contributed by atoms with van der Waals surface area (Å²) in [5, 5.41) is 8.54. The fourth-order valence-corrected chi connectivity index (χ4v) is 0.944. The van der Waals surface area contributed by atoms with Gasteiger partial charge in [-0.15, -0.1) is 0 Å². The molecule has 0 saturated carbocycles. The Balaban J connectivity index is 2.59. The van der Waals surface area contributed by atoms with Gasteiger partial charge in [0.2, 0.25) is 0 Å². The smallest absolute Gasteiger partial charge is 0.391 e. The summed E-state index contributed by atoms with van der Waals surface area (Å²) in [6, 6.07) is 0. The summed E-state index contributed by atoms with van der Waals surface area (Å²) in [6.45, 7) is 6.44. The highest BCUT2D eigenvalue weighted by Gasteiger charge is 2.33. The third-order valence-corrected chi connectivity index (χ3v) is 1.80. The number of hydrogen-bond acceptors (Lipinski definition) is 3. The average molecular weight is 171 g/mol. The Hall–Kier alpha value is -1.06. The highest BCUT2D eigenvalue weighted by Crippen LogP contribution is 2.25. The lowest BCUT2D eigenvalue weighted by atomic mass is 9.89. The number of aliphatic imine (C=N–C) groups is 1. The number of carboxylic acids is 1. The predicted octanol–water partition coefficient (Wildman–Crippen LogP) is 0.914. The Kier molecular flexibility index (Phi) is 2.08. The number of ether oxygens (including phenoxy) is 1. The van der Waals surface area contributed by atoms with E-state index in [9.17, 15) is 4.79 Å². The molecule has 1 rings (SSSR count). The van der Waals surface area contributed by atoms with Crippen LogP contribution in [-0.2, 0) is 9.53 Å². The van der Waals surface area contributed by atoms with E-state index in [0.717, 1.165) is 0 Å². The molecule has 1 aliphatic rings. The summed E-state index contributed by atoms with van der Waals surface area (Å²) >= 11 is 0. The summed E-state index contributed by atoms with van der Waals surface area (Å²) in [5.41, 5.74) is -0.0549. The molecule has 0 aromatic rings. The standard InChI is InChI=1S/C8H13NO3/c1-8(2,3)5-4-9-6(12-5)7(10)11/h5H,4H2,1-3H3,(H,10,11). The van der Waals surface area contributed by atoms with Gasteiger partial charge in [-0.1, -0.05) is 20.8 Å². The minimum Gasteiger partial charge on any atom is -0.474 e. The molecule has 1 atom stereocenters. The third kappa shape index (κ3) is 1.75. The van der Waals surface area contributed by atoms with Crippen molar-refractivity contribution < 1.29 is 14.6 Å². The first-order valence-electron chi connectivity index (χ1n) is 3.85. The molecule has 1 heterocycles. The third-order valence-electron chi connectivity index (χ3n) is 1.80. The summed E-state index contributed by atoms with van der Waals surface area (Å²) in [7, 11) is 0. The zero-order valence-electron chi connectivity index (χ0n) is 7.50. The Morgan fingerprint density at radius 3 is 2.50 bits per heavy atom. The van der Waals surface area contributed by atoms with Crippen molar-refractivity contribution in [1.29, 1.82) is 0 Å². The van der Waals surface area contributed by atoms with Crippen LogP contribution in [0.3, 0.4) is 0 Å².